The fraction of sp³-hybridized carbons (Fsp3) is 0.455. The maximum atomic E-state index is 13.9. The van der Waals surface area contributed by atoms with Gasteiger partial charge in [-0.05, 0) is 62.4 Å². The Hall–Kier alpha value is -2.36. The van der Waals surface area contributed by atoms with Gasteiger partial charge in [0.25, 0.3) is 5.91 Å². The minimum atomic E-state index is -1.03. The smallest absolute Gasteiger partial charge is 0.251 e. The highest BCUT2D eigenvalue weighted by Gasteiger charge is 2.33. The molecule has 0 radical (unpaired) electrons. The predicted molar refractivity (Wildman–Crippen MR) is 109 cm³/mol. The normalized spacial score (nSPS) is 20.3. The van der Waals surface area contributed by atoms with Crippen LogP contribution in [-0.4, -0.2) is 46.0 Å². The largest absolute Gasteiger partial charge is 0.384 e. The third-order valence-corrected chi connectivity index (χ3v) is 5.98. The highest BCUT2D eigenvalue weighted by molar-refractivity contribution is 6.32. The van der Waals surface area contributed by atoms with Crippen molar-refractivity contribution in [2.24, 2.45) is 0 Å². The van der Waals surface area contributed by atoms with Gasteiger partial charge in [-0.25, -0.2) is 4.39 Å². The molecule has 1 aromatic rings. The van der Waals surface area contributed by atoms with E-state index in [1.165, 1.54) is 19.1 Å². The third kappa shape index (κ3) is 4.80. The lowest BCUT2D eigenvalue weighted by Gasteiger charge is -2.35. The van der Waals surface area contributed by atoms with Gasteiger partial charge in [-0.1, -0.05) is 17.7 Å². The molecule has 5 nitrogen and oxygen atoms in total. The summed E-state index contributed by atoms with van der Waals surface area (Å²) in [5.74, 6) is -0.568. The first-order valence-corrected chi connectivity index (χ1v) is 10.2. The van der Waals surface area contributed by atoms with Gasteiger partial charge in [0, 0.05) is 36.9 Å². The topological polar surface area (TPSA) is 67.6 Å². The summed E-state index contributed by atoms with van der Waals surface area (Å²) in [7, 11) is 0. The van der Waals surface area contributed by atoms with Crippen LogP contribution in [0.25, 0.3) is 0 Å². The van der Waals surface area contributed by atoms with E-state index < -0.39 is 6.10 Å². The highest BCUT2D eigenvalue weighted by Crippen LogP contribution is 2.33. The average molecular weight is 418 g/mol. The minimum Gasteiger partial charge on any atom is -0.384 e. The zero-order valence-electron chi connectivity index (χ0n) is 16.7. The van der Waals surface area contributed by atoms with E-state index in [2.05, 4.69) is 11.0 Å². The summed E-state index contributed by atoms with van der Waals surface area (Å²) in [5.41, 5.74) is 3.41. The molecule has 0 spiro atoms. The van der Waals surface area contributed by atoms with Crippen LogP contribution in [-0.2, 0) is 11.3 Å². The summed E-state index contributed by atoms with van der Waals surface area (Å²) in [6, 6.07) is 6.91. The Morgan fingerprint density at radius 1 is 1.48 bits per heavy atom. The minimum absolute atomic E-state index is 0.0275. The van der Waals surface area contributed by atoms with E-state index >= 15 is 0 Å². The summed E-state index contributed by atoms with van der Waals surface area (Å²) in [6.45, 7) is 4.96. The molecular formula is C22H25ClFN3O2. The molecule has 1 unspecified atom stereocenters. The number of carbonyl (C=O) groups is 1. The number of halogens is 2. The molecule has 1 heterocycles. The Morgan fingerprint density at radius 3 is 2.90 bits per heavy atom. The van der Waals surface area contributed by atoms with Gasteiger partial charge in [0.05, 0.1) is 11.1 Å². The lowest BCUT2D eigenvalue weighted by atomic mass is 9.99. The Bertz CT molecular complexity index is 904. The van der Waals surface area contributed by atoms with E-state index in [0.717, 1.165) is 23.2 Å². The van der Waals surface area contributed by atoms with Crippen molar-refractivity contribution in [1.29, 1.82) is 5.26 Å². The van der Waals surface area contributed by atoms with Crippen molar-refractivity contribution in [2.45, 2.75) is 51.8 Å². The molecule has 0 saturated carbocycles. The number of rotatable bonds is 5. The van der Waals surface area contributed by atoms with Crippen molar-refractivity contribution in [3.8, 4) is 6.07 Å². The highest BCUT2D eigenvalue weighted by atomic mass is 35.5. The van der Waals surface area contributed by atoms with Crippen molar-refractivity contribution in [1.82, 2.24) is 9.80 Å². The molecule has 0 aromatic heterocycles. The quantitative estimate of drug-likeness (QED) is 0.794. The van der Waals surface area contributed by atoms with E-state index in [4.69, 9.17) is 11.6 Å². The van der Waals surface area contributed by atoms with Crippen LogP contribution < -0.4 is 0 Å². The van der Waals surface area contributed by atoms with E-state index in [1.54, 1.807) is 11.0 Å². The van der Waals surface area contributed by atoms with Gasteiger partial charge in [-0.3, -0.25) is 4.79 Å². The molecule has 154 valence electrons. The molecular weight excluding hydrogens is 393 g/mol. The van der Waals surface area contributed by atoms with Gasteiger partial charge in [0.15, 0.2) is 0 Å². The van der Waals surface area contributed by atoms with Crippen LogP contribution in [0.5, 0.6) is 0 Å². The van der Waals surface area contributed by atoms with Crippen LogP contribution in [0, 0.1) is 24.1 Å². The van der Waals surface area contributed by atoms with Crippen LogP contribution in [0.2, 0.25) is 0 Å². The Labute approximate surface area is 175 Å². The lowest BCUT2D eigenvalue weighted by Crippen LogP contribution is -2.41. The molecule has 7 heteroatoms. The fourth-order valence-corrected chi connectivity index (χ4v) is 4.20. The molecule has 1 fully saturated rings. The average Bonchev–Trinajstić information content (AvgIpc) is 3.17. The summed E-state index contributed by atoms with van der Waals surface area (Å²) < 4.78 is 13.9. The van der Waals surface area contributed by atoms with Gasteiger partial charge in [0.1, 0.15) is 11.9 Å². The second-order valence-corrected chi connectivity index (χ2v) is 8.08. The molecule has 2 aliphatic rings. The Morgan fingerprint density at radius 2 is 2.24 bits per heavy atom. The molecule has 1 saturated heterocycles. The van der Waals surface area contributed by atoms with Crippen LogP contribution in [0.4, 0.5) is 4.39 Å². The molecule has 29 heavy (non-hydrogen) atoms. The van der Waals surface area contributed by atoms with Gasteiger partial charge in [-0.15, -0.1) is 0 Å². The van der Waals surface area contributed by atoms with Gasteiger partial charge < -0.3 is 14.9 Å². The first kappa shape index (κ1) is 21.4. The first-order valence-electron chi connectivity index (χ1n) is 9.78. The summed E-state index contributed by atoms with van der Waals surface area (Å²) in [6.07, 6.45) is 2.75. The number of likely N-dealkylation sites (tertiary alicyclic amines) is 1. The zero-order valence-corrected chi connectivity index (χ0v) is 17.4. The number of hydrogen-bond acceptors (Lipinski definition) is 4. The number of nitrogens with zero attached hydrogens (tertiary/aromatic N) is 3. The molecule has 1 N–H and O–H groups in total. The number of aliphatic hydroxyl groups excluding tert-OH is 1. The molecule has 2 atom stereocenters. The van der Waals surface area contributed by atoms with Gasteiger partial charge >= 0.3 is 0 Å². The van der Waals surface area contributed by atoms with E-state index in [1.807, 2.05) is 13.0 Å². The standard InChI is InChI=1S/C22H25ClFN3O2/c1-14-3-5-18(24)9-17(14)12-27(19-6-4-16(11-25)21(23)10-19)20-7-8-26(13-20)22(29)15(2)28/h3,5,9-10,15,20,28H,4,6-8,12-13H2,1-2H3/t15?,20-/m0/s1. The van der Waals surface area contributed by atoms with Crippen molar-refractivity contribution in [3.63, 3.8) is 0 Å². The van der Waals surface area contributed by atoms with Crippen molar-refractivity contribution < 1.29 is 14.3 Å². The summed E-state index contributed by atoms with van der Waals surface area (Å²) in [5, 5.41) is 19.3. The summed E-state index contributed by atoms with van der Waals surface area (Å²) in [4.78, 5) is 16.1. The van der Waals surface area contributed by atoms with Crippen LogP contribution in [0.3, 0.4) is 0 Å². The SMILES string of the molecule is Cc1ccc(F)cc1CN(C1=CC(Cl)=C(C#N)CC1)[C@H]1CCN(C(=O)C(C)O)C1. The number of aryl methyl sites for hydroxylation is 1. The molecule has 1 aliphatic carbocycles. The number of amides is 1. The number of allylic oxidation sites excluding steroid dienone is 4. The van der Waals surface area contributed by atoms with E-state index in [-0.39, 0.29) is 17.8 Å². The first-order chi connectivity index (χ1) is 13.8. The second kappa shape index (κ2) is 8.98. The summed E-state index contributed by atoms with van der Waals surface area (Å²) >= 11 is 6.30. The number of aliphatic hydroxyl groups is 1. The monoisotopic (exact) mass is 417 g/mol. The molecule has 1 amide bonds. The van der Waals surface area contributed by atoms with Gasteiger partial charge in [0.2, 0.25) is 0 Å². The van der Waals surface area contributed by atoms with Crippen molar-refractivity contribution in [3.05, 3.63) is 57.5 Å². The van der Waals surface area contributed by atoms with E-state index in [0.29, 0.717) is 43.1 Å². The lowest BCUT2D eigenvalue weighted by molar-refractivity contribution is -0.138. The predicted octanol–water partition coefficient (Wildman–Crippen LogP) is 3.61. The maximum Gasteiger partial charge on any atom is 0.251 e. The van der Waals surface area contributed by atoms with Crippen LogP contribution in [0.1, 0.15) is 37.3 Å². The third-order valence-electron chi connectivity index (χ3n) is 5.64. The number of nitriles is 1. The van der Waals surface area contributed by atoms with Crippen LogP contribution in [0.15, 0.2) is 40.6 Å². The molecule has 3 rings (SSSR count). The number of carbonyl (C=O) groups excluding carboxylic acids is 1. The van der Waals surface area contributed by atoms with E-state index in [9.17, 15) is 19.6 Å². The van der Waals surface area contributed by atoms with Crippen LogP contribution >= 0.6 is 11.6 Å². The molecule has 1 aliphatic heterocycles. The maximum absolute atomic E-state index is 13.9. The second-order valence-electron chi connectivity index (χ2n) is 7.68. The van der Waals surface area contributed by atoms with Gasteiger partial charge in [-0.2, -0.15) is 5.26 Å². The number of benzene rings is 1. The fourth-order valence-electron chi connectivity index (χ4n) is 3.93. The Balaban J connectivity index is 1.91. The van der Waals surface area contributed by atoms with Crippen molar-refractivity contribution >= 4 is 17.5 Å². The molecule has 1 aromatic carbocycles. The number of hydrogen-bond donors (Lipinski definition) is 1. The molecule has 0 bridgehead atoms. The van der Waals surface area contributed by atoms with Crippen molar-refractivity contribution in [2.75, 3.05) is 13.1 Å². The Kier molecular flexibility index (Phi) is 6.61. The zero-order chi connectivity index (χ0) is 21.1.